The van der Waals surface area contributed by atoms with E-state index < -0.39 is 0 Å². The van der Waals surface area contributed by atoms with Gasteiger partial charge in [-0.15, -0.1) is 11.3 Å². The molecule has 0 radical (unpaired) electrons. The average molecular weight is 509 g/mol. The summed E-state index contributed by atoms with van der Waals surface area (Å²) in [6.45, 7) is 5.12. The minimum absolute atomic E-state index is 0.131. The van der Waals surface area contributed by atoms with Crippen molar-refractivity contribution >= 4 is 44.8 Å². The van der Waals surface area contributed by atoms with Crippen molar-refractivity contribution in [1.29, 1.82) is 0 Å². The Hall–Kier alpha value is -2.84. The molecule has 1 aromatic carbocycles. The molecule has 3 aromatic rings. The molecule has 190 valence electrons. The second-order valence-corrected chi connectivity index (χ2v) is 10.9. The van der Waals surface area contributed by atoms with Crippen molar-refractivity contribution < 1.29 is 13.9 Å². The second kappa shape index (κ2) is 11.5. The number of fused-ring (bicyclic) bond motifs is 1. The molecular weight excluding hydrogens is 475 g/mol. The van der Waals surface area contributed by atoms with E-state index in [4.69, 9.17) is 9.72 Å². The molecule has 5 rings (SSSR count). The molecule has 6 nitrogen and oxygen atoms in total. The molecule has 2 N–H and O–H groups in total. The van der Waals surface area contributed by atoms with Crippen LogP contribution in [0.15, 0.2) is 42.3 Å². The number of carbonyl (C=O) groups excluding carboxylic acids is 1. The summed E-state index contributed by atoms with van der Waals surface area (Å²) >= 11 is 1.61. The van der Waals surface area contributed by atoms with Gasteiger partial charge in [0, 0.05) is 31.4 Å². The molecule has 36 heavy (non-hydrogen) atoms. The highest BCUT2D eigenvalue weighted by molar-refractivity contribution is 7.17. The molecule has 2 fully saturated rings. The third-order valence-electron chi connectivity index (χ3n) is 7.37. The van der Waals surface area contributed by atoms with Gasteiger partial charge in [0.1, 0.15) is 11.6 Å². The van der Waals surface area contributed by atoms with Crippen LogP contribution in [0.3, 0.4) is 0 Å². The monoisotopic (exact) mass is 508 g/mol. The molecule has 2 aliphatic rings. The molecule has 0 bridgehead atoms. The third-order valence-corrected chi connectivity index (χ3v) is 8.28. The van der Waals surface area contributed by atoms with Crippen molar-refractivity contribution in [3.63, 3.8) is 0 Å². The minimum Gasteiger partial charge on any atom is -0.381 e. The van der Waals surface area contributed by atoms with Crippen LogP contribution in [0.1, 0.15) is 50.5 Å². The molecule has 8 heteroatoms. The smallest absolute Gasteiger partial charge is 0.229 e. The first-order chi connectivity index (χ1) is 17.6. The summed E-state index contributed by atoms with van der Waals surface area (Å²) < 4.78 is 21.3. The van der Waals surface area contributed by atoms with Gasteiger partial charge < -0.3 is 15.4 Å². The molecular formula is C28H33FN4O2S. The van der Waals surface area contributed by atoms with E-state index in [1.807, 2.05) is 23.6 Å². The van der Waals surface area contributed by atoms with Crippen LogP contribution < -0.4 is 10.6 Å². The molecule has 3 heterocycles. The predicted octanol–water partition coefficient (Wildman–Crippen LogP) is 6.66. The zero-order valence-electron chi connectivity index (χ0n) is 20.5. The van der Waals surface area contributed by atoms with E-state index in [2.05, 4.69) is 22.2 Å². The molecule has 1 aliphatic heterocycles. The van der Waals surface area contributed by atoms with Crippen molar-refractivity contribution in [1.82, 2.24) is 9.97 Å². The number of halogens is 1. The fourth-order valence-corrected chi connectivity index (χ4v) is 6.05. The van der Waals surface area contributed by atoms with E-state index in [-0.39, 0.29) is 11.6 Å². The lowest BCUT2D eigenvalue weighted by atomic mass is 9.83. The third kappa shape index (κ3) is 6.10. The Morgan fingerprint density at radius 2 is 1.92 bits per heavy atom. The normalized spacial score (nSPS) is 20.8. The van der Waals surface area contributed by atoms with Crippen LogP contribution >= 0.6 is 11.3 Å². The number of thiophene rings is 1. The van der Waals surface area contributed by atoms with Gasteiger partial charge in [-0.2, -0.15) is 4.98 Å². The second-order valence-electron chi connectivity index (χ2n) is 9.96. The van der Waals surface area contributed by atoms with Gasteiger partial charge in [0.05, 0.1) is 10.2 Å². The van der Waals surface area contributed by atoms with Gasteiger partial charge in [-0.3, -0.25) is 4.79 Å². The van der Waals surface area contributed by atoms with Crippen molar-refractivity contribution in [2.75, 3.05) is 23.8 Å². The lowest BCUT2D eigenvalue weighted by Crippen LogP contribution is -2.27. The first-order valence-electron chi connectivity index (χ1n) is 12.9. The Morgan fingerprint density at radius 1 is 1.11 bits per heavy atom. The lowest BCUT2D eigenvalue weighted by Gasteiger charge is -2.29. The molecule has 0 atom stereocenters. The van der Waals surface area contributed by atoms with Gasteiger partial charge in [0.25, 0.3) is 0 Å². The van der Waals surface area contributed by atoms with Crippen LogP contribution in [-0.2, 0) is 16.0 Å². The van der Waals surface area contributed by atoms with E-state index in [0.717, 1.165) is 79.8 Å². The van der Waals surface area contributed by atoms with Crippen molar-refractivity contribution in [3.8, 4) is 0 Å². The number of nitrogens with one attached hydrogen (secondary N) is 2. The predicted molar refractivity (Wildman–Crippen MR) is 144 cm³/mol. The lowest BCUT2D eigenvalue weighted by molar-refractivity contribution is -0.115. The number of benzene rings is 1. The number of nitrogens with zero attached hydrogens (tertiary/aromatic N) is 2. The van der Waals surface area contributed by atoms with Crippen LogP contribution in [-0.4, -0.2) is 35.0 Å². The largest absolute Gasteiger partial charge is 0.381 e. The fourth-order valence-electron chi connectivity index (χ4n) is 5.27. The first kappa shape index (κ1) is 24.8. The van der Waals surface area contributed by atoms with Crippen molar-refractivity contribution in [2.45, 2.75) is 57.4 Å². The number of ketones is 1. The highest BCUT2D eigenvalue weighted by atomic mass is 32.1. The molecule has 0 spiro atoms. The maximum absolute atomic E-state index is 14.9. The van der Waals surface area contributed by atoms with Crippen LogP contribution in [0.2, 0.25) is 0 Å². The molecule has 2 aromatic heterocycles. The van der Waals surface area contributed by atoms with E-state index in [9.17, 15) is 9.18 Å². The van der Waals surface area contributed by atoms with E-state index in [0.29, 0.717) is 35.9 Å². The Bertz CT molecular complexity index is 1220. The maximum Gasteiger partial charge on any atom is 0.229 e. The summed E-state index contributed by atoms with van der Waals surface area (Å²) in [6, 6.07) is 7.58. The summed E-state index contributed by atoms with van der Waals surface area (Å²) in [5, 5.41) is 8.84. The Labute approximate surface area is 215 Å². The number of ether oxygens (including phenoxy) is 1. The van der Waals surface area contributed by atoms with E-state index in [1.54, 1.807) is 11.3 Å². The van der Waals surface area contributed by atoms with Gasteiger partial charge in [0.15, 0.2) is 5.78 Å². The molecule has 1 saturated carbocycles. The minimum atomic E-state index is -0.201. The summed E-state index contributed by atoms with van der Waals surface area (Å²) in [5.74, 6) is 2.09. The van der Waals surface area contributed by atoms with Gasteiger partial charge >= 0.3 is 0 Å². The Kier molecular flexibility index (Phi) is 7.92. The van der Waals surface area contributed by atoms with Crippen LogP contribution in [0, 0.1) is 17.7 Å². The maximum atomic E-state index is 14.9. The Balaban J connectivity index is 1.26. The van der Waals surface area contributed by atoms with Gasteiger partial charge in [-0.25, -0.2) is 9.37 Å². The highest BCUT2D eigenvalue weighted by Gasteiger charge is 2.24. The van der Waals surface area contributed by atoms with Gasteiger partial charge in [-0.05, 0) is 92.0 Å². The quantitative estimate of drug-likeness (QED) is 0.315. The summed E-state index contributed by atoms with van der Waals surface area (Å²) in [4.78, 5) is 21.1. The zero-order chi connectivity index (χ0) is 24.9. The number of anilines is 3. The number of rotatable bonds is 9. The standard InChI is InChI=1S/C28H33FN4O2S/c1-2-23(34)16-18-3-6-21(7-4-18)30-27-26-25(11-14-36-26)32-28(33-27)31-22-8-5-20(24(29)17-22)15-19-9-12-35-13-10-19/h2,5,8,11,14,17-19,21H,1,3-4,6-7,9-10,12-13,15-16H2,(H2,30,31,32,33). The zero-order valence-corrected chi connectivity index (χ0v) is 21.3. The van der Waals surface area contributed by atoms with E-state index in [1.165, 1.54) is 12.1 Å². The van der Waals surface area contributed by atoms with Crippen LogP contribution in [0.25, 0.3) is 10.2 Å². The molecule has 1 saturated heterocycles. The Morgan fingerprint density at radius 3 is 2.67 bits per heavy atom. The van der Waals surface area contributed by atoms with E-state index >= 15 is 0 Å². The number of hydrogen-bond acceptors (Lipinski definition) is 7. The topological polar surface area (TPSA) is 76.1 Å². The fraction of sp³-hybridized carbons (Fsp3) is 0.464. The molecule has 1 aliphatic carbocycles. The van der Waals surface area contributed by atoms with Crippen LogP contribution in [0.5, 0.6) is 0 Å². The number of aromatic nitrogens is 2. The summed E-state index contributed by atoms with van der Waals surface area (Å²) in [5.41, 5.74) is 2.24. The molecule has 0 unspecified atom stereocenters. The summed E-state index contributed by atoms with van der Waals surface area (Å²) in [6.07, 6.45) is 8.75. The first-order valence-corrected chi connectivity index (χ1v) is 13.8. The summed E-state index contributed by atoms with van der Waals surface area (Å²) in [7, 11) is 0. The number of hydrogen-bond donors (Lipinski definition) is 2. The van der Waals surface area contributed by atoms with Crippen LogP contribution in [0.4, 0.5) is 21.8 Å². The van der Waals surface area contributed by atoms with Gasteiger partial charge in [-0.1, -0.05) is 12.6 Å². The SMILES string of the molecule is C=CC(=O)CC1CCC(Nc2nc(Nc3ccc(CC4CCOCC4)c(F)c3)nc3ccsc23)CC1. The van der Waals surface area contributed by atoms with Gasteiger partial charge in [0.2, 0.25) is 5.95 Å². The van der Waals surface area contributed by atoms with Crippen molar-refractivity contribution in [3.05, 3.63) is 53.7 Å². The average Bonchev–Trinajstić information content (AvgIpc) is 3.36. The van der Waals surface area contributed by atoms with Crippen molar-refractivity contribution in [2.24, 2.45) is 11.8 Å². The number of allylic oxidation sites excluding steroid dienone is 1. The number of carbonyl (C=O) groups is 1. The molecule has 0 amide bonds. The highest BCUT2D eigenvalue weighted by Crippen LogP contribution is 2.33.